The molecule has 272 valence electrons. The maximum Gasteiger partial charge on any atom is 0.135 e. The molecular formula is C54H34N2OS. The lowest BCUT2D eigenvalue weighted by Crippen LogP contribution is -2.10. The van der Waals surface area contributed by atoms with E-state index in [2.05, 4.69) is 204 Å². The minimum absolute atomic E-state index is 0.888. The molecule has 0 bridgehead atoms. The first-order chi connectivity index (χ1) is 28.7. The van der Waals surface area contributed by atoms with Crippen LogP contribution in [-0.4, -0.2) is 4.57 Å². The molecular weight excluding hydrogens is 725 g/mol. The zero-order valence-corrected chi connectivity index (χ0v) is 32.2. The van der Waals surface area contributed by atoms with Crippen molar-refractivity contribution < 1.29 is 4.42 Å². The van der Waals surface area contributed by atoms with Crippen LogP contribution in [0.5, 0.6) is 0 Å². The Labute approximate surface area is 338 Å². The highest BCUT2D eigenvalue weighted by Gasteiger charge is 2.23. The highest BCUT2D eigenvalue weighted by Crippen LogP contribution is 2.46. The number of hydrogen-bond donors (Lipinski definition) is 0. The molecule has 3 heterocycles. The van der Waals surface area contributed by atoms with E-state index in [0.717, 1.165) is 55.7 Å². The lowest BCUT2D eigenvalue weighted by Gasteiger charge is -2.26. The van der Waals surface area contributed by atoms with Crippen molar-refractivity contribution in [3.05, 3.63) is 206 Å². The normalized spacial score (nSPS) is 11.8. The summed E-state index contributed by atoms with van der Waals surface area (Å²) in [6.07, 6.45) is 0. The van der Waals surface area contributed by atoms with Crippen molar-refractivity contribution in [1.82, 2.24) is 4.57 Å². The van der Waals surface area contributed by atoms with Gasteiger partial charge in [0.1, 0.15) is 11.2 Å². The fraction of sp³-hybridized carbons (Fsp3) is 0. The molecule has 0 saturated heterocycles. The maximum atomic E-state index is 6.29. The van der Waals surface area contributed by atoms with Crippen molar-refractivity contribution in [2.45, 2.75) is 0 Å². The first kappa shape index (κ1) is 32.8. The highest BCUT2D eigenvalue weighted by atomic mass is 32.1. The van der Waals surface area contributed by atoms with Crippen LogP contribution < -0.4 is 4.90 Å². The Balaban J connectivity index is 1.12. The number of anilines is 3. The number of hydrogen-bond acceptors (Lipinski definition) is 3. The molecule has 3 aromatic heterocycles. The third kappa shape index (κ3) is 5.19. The molecule has 0 N–H and O–H groups in total. The summed E-state index contributed by atoms with van der Waals surface area (Å²) in [7, 11) is 0. The summed E-state index contributed by atoms with van der Waals surface area (Å²) in [5, 5.41) is 7.17. The molecule has 3 nitrogen and oxygen atoms in total. The standard InChI is InChI=1S/C54H34N2OS/c1-3-12-35(13-4-1)36-22-24-37(25-23-36)38-26-29-47-46(32-38)54-48(18-11-19-49(54)56(47)41-27-30-51-44(33-41)42-16-7-9-20-50(42)57-51)55(39-14-5-2-6-15-39)40-28-31-53-45(34-40)43-17-8-10-21-52(43)58-53/h1-34H. The number of thiophene rings is 1. The average molecular weight is 759 g/mol. The van der Waals surface area contributed by atoms with E-state index in [0.29, 0.717) is 0 Å². The largest absolute Gasteiger partial charge is 0.456 e. The molecule has 0 amide bonds. The van der Waals surface area contributed by atoms with Gasteiger partial charge in [-0.3, -0.25) is 0 Å². The quantitative estimate of drug-likeness (QED) is 0.168. The van der Waals surface area contributed by atoms with Crippen LogP contribution in [0.1, 0.15) is 0 Å². The second kappa shape index (κ2) is 13.1. The molecule has 0 aliphatic heterocycles. The summed E-state index contributed by atoms with van der Waals surface area (Å²) in [6.45, 7) is 0. The zero-order valence-electron chi connectivity index (χ0n) is 31.3. The van der Waals surface area contributed by atoms with Crippen LogP contribution in [0.2, 0.25) is 0 Å². The van der Waals surface area contributed by atoms with Crippen molar-refractivity contribution >= 4 is 92.3 Å². The predicted molar refractivity (Wildman–Crippen MR) is 247 cm³/mol. The molecule has 9 aromatic carbocycles. The van der Waals surface area contributed by atoms with E-state index in [4.69, 9.17) is 4.42 Å². The minimum Gasteiger partial charge on any atom is -0.456 e. The smallest absolute Gasteiger partial charge is 0.135 e. The Morgan fingerprint density at radius 3 is 1.90 bits per heavy atom. The first-order valence-electron chi connectivity index (χ1n) is 19.7. The lowest BCUT2D eigenvalue weighted by molar-refractivity contribution is 0.669. The SMILES string of the molecule is c1ccc(-c2ccc(-c3ccc4c(c3)c3c(N(c5ccccc5)c5ccc6sc7ccccc7c6c5)cccc3n4-c3ccc4oc5ccccc5c4c3)cc2)cc1. The van der Waals surface area contributed by atoms with E-state index in [-0.39, 0.29) is 0 Å². The average Bonchev–Trinajstić information content (AvgIpc) is 3.96. The summed E-state index contributed by atoms with van der Waals surface area (Å²) in [5.41, 5.74) is 13.3. The van der Waals surface area contributed by atoms with Crippen molar-refractivity contribution in [3.8, 4) is 27.9 Å². The zero-order chi connectivity index (χ0) is 38.2. The molecule has 0 fully saturated rings. The van der Waals surface area contributed by atoms with Crippen molar-refractivity contribution in [2.24, 2.45) is 0 Å². The highest BCUT2D eigenvalue weighted by molar-refractivity contribution is 7.25. The summed E-state index contributed by atoms with van der Waals surface area (Å²) in [6, 6.07) is 74.6. The number of fused-ring (bicyclic) bond motifs is 9. The Morgan fingerprint density at radius 1 is 0.379 bits per heavy atom. The number of nitrogens with zero attached hydrogens (tertiary/aromatic N) is 2. The van der Waals surface area contributed by atoms with Crippen LogP contribution >= 0.6 is 11.3 Å². The van der Waals surface area contributed by atoms with E-state index in [1.165, 1.54) is 53.2 Å². The fourth-order valence-electron chi connectivity index (χ4n) is 8.89. The number of rotatable bonds is 6. The molecule has 12 aromatic rings. The number of aromatic nitrogens is 1. The summed E-state index contributed by atoms with van der Waals surface area (Å²) in [4.78, 5) is 2.44. The van der Waals surface area contributed by atoms with Crippen LogP contribution in [0.3, 0.4) is 0 Å². The van der Waals surface area contributed by atoms with Crippen LogP contribution in [0.25, 0.3) is 91.9 Å². The Hall–Kier alpha value is -7.40. The van der Waals surface area contributed by atoms with Crippen molar-refractivity contribution in [1.29, 1.82) is 0 Å². The van der Waals surface area contributed by atoms with Crippen LogP contribution in [0.15, 0.2) is 211 Å². The van der Waals surface area contributed by atoms with Gasteiger partial charge in [-0.25, -0.2) is 0 Å². The third-order valence-corrected chi connectivity index (χ3v) is 12.7. The molecule has 58 heavy (non-hydrogen) atoms. The topological polar surface area (TPSA) is 21.3 Å². The lowest BCUT2D eigenvalue weighted by atomic mass is 9.98. The van der Waals surface area contributed by atoms with Gasteiger partial charge in [0, 0.05) is 58.8 Å². The molecule has 12 rings (SSSR count). The summed E-state index contributed by atoms with van der Waals surface area (Å²) < 4.78 is 11.3. The van der Waals surface area contributed by atoms with Gasteiger partial charge in [0.2, 0.25) is 0 Å². The molecule has 0 saturated carbocycles. The monoisotopic (exact) mass is 758 g/mol. The maximum absolute atomic E-state index is 6.29. The predicted octanol–water partition coefficient (Wildman–Crippen LogP) is 15.9. The van der Waals surface area contributed by atoms with Gasteiger partial charge < -0.3 is 13.9 Å². The molecule has 0 unspecified atom stereocenters. The fourth-order valence-corrected chi connectivity index (χ4v) is 9.98. The van der Waals surface area contributed by atoms with Crippen LogP contribution in [-0.2, 0) is 0 Å². The second-order valence-corrected chi connectivity index (χ2v) is 16.0. The van der Waals surface area contributed by atoms with Gasteiger partial charge >= 0.3 is 0 Å². The Morgan fingerprint density at radius 2 is 1.05 bits per heavy atom. The number of para-hydroxylation sites is 2. The van der Waals surface area contributed by atoms with E-state index >= 15 is 0 Å². The first-order valence-corrected chi connectivity index (χ1v) is 20.5. The Kier molecular flexibility index (Phi) is 7.40. The van der Waals surface area contributed by atoms with Crippen molar-refractivity contribution in [3.63, 3.8) is 0 Å². The minimum atomic E-state index is 0.888. The van der Waals surface area contributed by atoms with Crippen molar-refractivity contribution in [2.75, 3.05) is 4.90 Å². The second-order valence-electron chi connectivity index (χ2n) is 14.9. The number of furan rings is 1. The van der Waals surface area contributed by atoms with E-state index in [1.54, 1.807) is 0 Å². The molecule has 4 heteroatoms. The molecule has 0 aliphatic rings. The third-order valence-electron chi connectivity index (χ3n) is 11.6. The van der Waals surface area contributed by atoms with Crippen LogP contribution in [0, 0.1) is 0 Å². The van der Waals surface area contributed by atoms with Gasteiger partial charge in [0.25, 0.3) is 0 Å². The van der Waals surface area contributed by atoms with Gasteiger partial charge in [-0.2, -0.15) is 0 Å². The van der Waals surface area contributed by atoms with Gasteiger partial charge in [-0.15, -0.1) is 11.3 Å². The van der Waals surface area contributed by atoms with Crippen LogP contribution in [0.4, 0.5) is 17.1 Å². The van der Waals surface area contributed by atoms with E-state index in [1.807, 2.05) is 23.5 Å². The molecule has 0 radical (unpaired) electrons. The van der Waals surface area contributed by atoms with E-state index < -0.39 is 0 Å². The summed E-state index contributed by atoms with van der Waals surface area (Å²) >= 11 is 1.85. The van der Waals surface area contributed by atoms with Gasteiger partial charge in [0.05, 0.1) is 16.7 Å². The summed E-state index contributed by atoms with van der Waals surface area (Å²) in [5.74, 6) is 0. The molecule has 0 aliphatic carbocycles. The number of benzene rings is 9. The molecule has 0 spiro atoms. The van der Waals surface area contributed by atoms with E-state index in [9.17, 15) is 0 Å². The Bertz CT molecular complexity index is 3500. The van der Waals surface area contributed by atoms with Gasteiger partial charge in [-0.1, -0.05) is 121 Å². The van der Waals surface area contributed by atoms with Gasteiger partial charge in [0.15, 0.2) is 0 Å². The molecule has 0 atom stereocenters. The van der Waals surface area contributed by atoms with Gasteiger partial charge in [-0.05, 0) is 107 Å².